The smallest absolute Gasteiger partial charge is 0.287 e. The second kappa shape index (κ2) is 7.43. The zero-order chi connectivity index (χ0) is 20.8. The summed E-state index contributed by atoms with van der Waals surface area (Å²) in [5.41, 5.74) is 4.30. The van der Waals surface area contributed by atoms with Crippen LogP contribution in [0.2, 0.25) is 0 Å². The topological polar surface area (TPSA) is 61.3 Å². The van der Waals surface area contributed by atoms with Crippen LogP contribution in [0.1, 0.15) is 23.4 Å². The molecule has 5 heterocycles. The number of aromatic amines is 1. The molecule has 1 unspecified atom stereocenters. The van der Waals surface area contributed by atoms with E-state index in [1.165, 1.54) is 18.2 Å². The Morgan fingerprint density at radius 2 is 1.74 bits per heavy atom. The fourth-order valence-corrected chi connectivity index (χ4v) is 5.03. The van der Waals surface area contributed by atoms with Crippen molar-refractivity contribution in [1.29, 1.82) is 0 Å². The van der Waals surface area contributed by atoms with Crippen LogP contribution in [0.4, 0.5) is 0 Å². The Bertz CT molecular complexity index is 1200. The molecule has 4 aromatic rings. The highest BCUT2D eigenvalue weighted by Crippen LogP contribution is 2.30. The Kier molecular flexibility index (Phi) is 4.42. The molecular weight excluding hydrogens is 386 g/mol. The minimum Gasteiger partial charge on any atom is -0.451 e. The molecule has 2 N–H and O–H groups in total. The number of piperidine rings is 3. The third-order valence-corrected chi connectivity index (χ3v) is 6.81. The first kappa shape index (κ1) is 18.5. The van der Waals surface area contributed by atoms with E-state index in [9.17, 15) is 4.79 Å². The Morgan fingerprint density at radius 3 is 2.48 bits per heavy atom. The largest absolute Gasteiger partial charge is 0.451 e. The second-order valence-electron chi connectivity index (χ2n) is 8.73. The SMILES string of the molecule is O=C(NC1CN2CCC1CC2)c1ccc(-c2ccc(-c3cc4ccccc4[nH]3)cc2)o1. The molecule has 3 aliphatic rings. The van der Waals surface area contributed by atoms with Gasteiger partial charge in [0.2, 0.25) is 0 Å². The predicted molar refractivity (Wildman–Crippen MR) is 122 cm³/mol. The number of furan rings is 1. The number of para-hydroxylation sites is 1. The molecule has 7 rings (SSSR count). The lowest BCUT2D eigenvalue weighted by Gasteiger charge is -2.44. The van der Waals surface area contributed by atoms with Gasteiger partial charge in [0.1, 0.15) is 5.76 Å². The van der Waals surface area contributed by atoms with E-state index in [1.807, 2.05) is 30.3 Å². The summed E-state index contributed by atoms with van der Waals surface area (Å²) in [5.74, 6) is 1.58. The van der Waals surface area contributed by atoms with Crippen LogP contribution in [0.5, 0.6) is 0 Å². The molecule has 0 radical (unpaired) electrons. The highest BCUT2D eigenvalue weighted by molar-refractivity contribution is 5.92. The van der Waals surface area contributed by atoms with E-state index in [4.69, 9.17) is 4.42 Å². The fourth-order valence-electron chi connectivity index (χ4n) is 5.03. The number of nitrogens with zero attached hydrogens (tertiary/aromatic N) is 1. The van der Waals surface area contributed by atoms with Crippen molar-refractivity contribution in [2.75, 3.05) is 19.6 Å². The summed E-state index contributed by atoms with van der Waals surface area (Å²) in [6.07, 6.45) is 2.36. The normalized spacial score (nSPS) is 22.6. The maximum absolute atomic E-state index is 12.7. The molecule has 2 bridgehead atoms. The van der Waals surface area contributed by atoms with Crippen molar-refractivity contribution in [3.8, 4) is 22.6 Å². The van der Waals surface area contributed by atoms with Crippen LogP contribution in [0.15, 0.2) is 71.1 Å². The predicted octanol–water partition coefficient (Wildman–Crippen LogP) is 4.92. The number of hydrogen-bond donors (Lipinski definition) is 2. The van der Waals surface area contributed by atoms with Crippen LogP contribution in [0.25, 0.3) is 33.5 Å². The third-order valence-electron chi connectivity index (χ3n) is 6.81. The molecule has 156 valence electrons. The van der Waals surface area contributed by atoms with Gasteiger partial charge in [0.05, 0.1) is 0 Å². The summed E-state index contributed by atoms with van der Waals surface area (Å²) in [5, 5.41) is 4.40. The third kappa shape index (κ3) is 3.45. The van der Waals surface area contributed by atoms with Gasteiger partial charge in [-0.25, -0.2) is 0 Å². The first-order valence-electron chi connectivity index (χ1n) is 11.0. The number of benzene rings is 2. The monoisotopic (exact) mass is 411 g/mol. The second-order valence-corrected chi connectivity index (χ2v) is 8.73. The number of carbonyl (C=O) groups excluding carboxylic acids is 1. The van der Waals surface area contributed by atoms with Gasteiger partial charge in [0.25, 0.3) is 5.91 Å². The number of hydrogen-bond acceptors (Lipinski definition) is 3. The summed E-state index contributed by atoms with van der Waals surface area (Å²) in [6.45, 7) is 3.28. The van der Waals surface area contributed by atoms with E-state index in [2.05, 4.69) is 45.5 Å². The van der Waals surface area contributed by atoms with Gasteiger partial charge in [-0.2, -0.15) is 0 Å². The lowest BCUT2D eigenvalue weighted by Crippen LogP contribution is -2.57. The van der Waals surface area contributed by atoms with E-state index < -0.39 is 0 Å². The summed E-state index contributed by atoms with van der Waals surface area (Å²) in [7, 11) is 0. The molecular formula is C26H25N3O2. The van der Waals surface area contributed by atoms with E-state index >= 15 is 0 Å². The van der Waals surface area contributed by atoms with Crippen LogP contribution in [-0.4, -0.2) is 41.5 Å². The molecule has 5 nitrogen and oxygen atoms in total. The molecule has 0 aliphatic carbocycles. The molecule has 1 atom stereocenters. The van der Waals surface area contributed by atoms with Crippen molar-refractivity contribution in [2.45, 2.75) is 18.9 Å². The van der Waals surface area contributed by atoms with E-state index in [0.717, 1.165) is 42.0 Å². The minimum atomic E-state index is -0.111. The molecule has 3 aliphatic heterocycles. The number of carbonyl (C=O) groups is 1. The number of amides is 1. The highest BCUT2D eigenvalue weighted by atomic mass is 16.3. The standard InChI is InChI=1S/C26H25N3O2/c30-26(28-23-16-29-13-11-18(23)12-14-29)25-10-9-24(31-25)19-7-5-17(6-8-19)22-15-20-3-1-2-4-21(20)27-22/h1-10,15,18,23,27H,11-14,16H2,(H,28,30). The summed E-state index contributed by atoms with van der Waals surface area (Å²) < 4.78 is 5.91. The summed E-state index contributed by atoms with van der Waals surface area (Å²) in [4.78, 5) is 18.6. The molecule has 3 fully saturated rings. The molecule has 0 spiro atoms. The van der Waals surface area contributed by atoms with Crippen LogP contribution in [0.3, 0.4) is 0 Å². The Labute approximate surface area is 181 Å². The van der Waals surface area contributed by atoms with Crippen LogP contribution >= 0.6 is 0 Å². The summed E-state index contributed by atoms with van der Waals surface area (Å²) in [6, 6.07) is 22.5. The van der Waals surface area contributed by atoms with Crippen molar-refractivity contribution in [3.63, 3.8) is 0 Å². The molecule has 1 amide bonds. The van der Waals surface area contributed by atoms with Gasteiger partial charge in [-0.05, 0) is 61.7 Å². The Morgan fingerprint density at radius 1 is 0.968 bits per heavy atom. The molecule has 2 aromatic carbocycles. The Balaban J connectivity index is 1.17. The quantitative estimate of drug-likeness (QED) is 0.501. The zero-order valence-electron chi connectivity index (χ0n) is 17.3. The van der Waals surface area contributed by atoms with Gasteiger partial charge < -0.3 is 19.6 Å². The lowest BCUT2D eigenvalue weighted by molar-refractivity contribution is 0.0606. The van der Waals surface area contributed by atoms with Crippen molar-refractivity contribution in [1.82, 2.24) is 15.2 Å². The van der Waals surface area contributed by atoms with Gasteiger partial charge in [-0.1, -0.05) is 42.5 Å². The Hall–Kier alpha value is -3.31. The van der Waals surface area contributed by atoms with E-state index in [-0.39, 0.29) is 11.9 Å². The van der Waals surface area contributed by atoms with Crippen molar-refractivity contribution in [2.24, 2.45) is 5.92 Å². The minimum absolute atomic E-state index is 0.111. The van der Waals surface area contributed by atoms with Crippen LogP contribution < -0.4 is 5.32 Å². The van der Waals surface area contributed by atoms with Gasteiger partial charge >= 0.3 is 0 Å². The molecule has 3 saturated heterocycles. The number of rotatable bonds is 4. The van der Waals surface area contributed by atoms with Gasteiger partial charge in [-0.3, -0.25) is 4.79 Å². The average Bonchev–Trinajstić information content (AvgIpc) is 3.48. The van der Waals surface area contributed by atoms with E-state index in [1.54, 1.807) is 6.07 Å². The summed E-state index contributed by atoms with van der Waals surface area (Å²) >= 11 is 0. The maximum atomic E-state index is 12.7. The van der Waals surface area contributed by atoms with Crippen molar-refractivity contribution >= 4 is 16.8 Å². The first-order chi connectivity index (χ1) is 15.2. The van der Waals surface area contributed by atoms with Crippen LogP contribution in [-0.2, 0) is 0 Å². The number of fused-ring (bicyclic) bond motifs is 4. The average molecular weight is 412 g/mol. The van der Waals surface area contributed by atoms with Crippen LogP contribution in [0, 0.1) is 5.92 Å². The molecule has 5 heteroatoms. The molecule has 31 heavy (non-hydrogen) atoms. The molecule has 2 aromatic heterocycles. The number of nitrogens with one attached hydrogen (secondary N) is 2. The molecule has 0 saturated carbocycles. The number of H-pyrrole nitrogens is 1. The first-order valence-corrected chi connectivity index (χ1v) is 11.0. The van der Waals surface area contributed by atoms with Gasteiger partial charge in [0.15, 0.2) is 5.76 Å². The van der Waals surface area contributed by atoms with E-state index in [0.29, 0.717) is 17.4 Å². The van der Waals surface area contributed by atoms with Gasteiger partial charge in [-0.15, -0.1) is 0 Å². The lowest BCUT2D eigenvalue weighted by atomic mass is 9.84. The fraction of sp³-hybridized carbons (Fsp3) is 0.269. The highest BCUT2D eigenvalue weighted by Gasteiger charge is 2.35. The van der Waals surface area contributed by atoms with Crippen molar-refractivity contribution < 1.29 is 9.21 Å². The number of aromatic nitrogens is 1. The zero-order valence-corrected chi connectivity index (χ0v) is 17.3. The van der Waals surface area contributed by atoms with Crippen molar-refractivity contribution in [3.05, 3.63) is 72.5 Å². The maximum Gasteiger partial charge on any atom is 0.287 e. The van der Waals surface area contributed by atoms with Gasteiger partial charge in [0, 0.05) is 34.7 Å².